The molecule has 0 N–H and O–H groups in total. The van der Waals surface area contributed by atoms with Crippen molar-refractivity contribution < 1.29 is 17.9 Å². The van der Waals surface area contributed by atoms with E-state index in [4.69, 9.17) is 9.47 Å². The molecule has 2 saturated heterocycles. The van der Waals surface area contributed by atoms with Crippen LogP contribution in [0.5, 0.6) is 5.75 Å². The van der Waals surface area contributed by atoms with Gasteiger partial charge in [-0.15, -0.1) is 0 Å². The Balaban J connectivity index is 1.98. The summed E-state index contributed by atoms with van der Waals surface area (Å²) in [5.41, 5.74) is 0. The third-order valence-corrected chi connectivity index (χ3v) is 5.79. The van der Waals surface area contributed by atoms with Crippen LogP contribution in [0.2, 0.25) is 0 Å². The van der Waals surface area contributed by atoms with Crippen molar-refractivity contribution in [3.05, 3.63) is 24.3 Å². The van der Waals surface area contributed by atoms with Crippen LogP contribution >= 0.6 is 0 Å². The van der Waals surface area contributed by atoms with Gasteiger partial charge in [0.1, 0.15) is 5.75 Å². The average molecular weight is 283 g/mol. The van der Waals surface area contributed by atoms with Crippen LogP contribution in [0.15, 0.2) is 29.2 Å². The monoisotopic (exact) mass is 283 g/mol. The van der Waals surface area contributed by atoms with Crippen LogP contribution in [0.4, 0.5) is 0 Å². The maximum Gasteiger partial charge on any atom is 0.243 e. The molecule has 0 unspecified atom stereocenters. The van der Waals surface area contributed by atoms with Gasteiger partial charge in [0.15, 0.2) is 0 Å². The lowest BCUT2D eigenvalue weighted by atomic mass is 10.2. The van der Waals surface area contributed by atoms with E-state index in [9.17, 15) is 8.42 Å². The van der Waals surface area contributed by atoms with Gasteiger partial charge in [0.05, 0.1) is 25.2 Å². The molecule has 0 spiro atoms. The van der Waals surface area contributed by atoms with Crippen molar-refractivity contribution in [3.63, 3.8) is 0 Å². The van der Waals surface area contributed by atoms with E-state index in [1.54, 1.807) is 28.6 Å². The minimum atomic E-state index is -3.46. The average Bonchev–Trinajstić information content (AvgIpc) is 2.70. The maximum absolute atomic E-state index is 12.7. The van der Waals surface area contributed by atoms with E-state index < -0.39 is 10.0 Å². The molecule has 3 rings (SSSR count). The molecule has 0 amide bonds. The Morgan fingerprint density at radius 1 is 1.26 bits per heavy atom. The number of sulfonamides is 1. The summed E-state index contributed by atoms with van der Waals surface area (Å²) in [4.78, 5) is 0.297. The topological polar surface area (TPSA) is 55.8 Å². The summed E-state index contributed by atoms with van der Waals surface area (Å²) in [5, 5.41) is 0. The Bertz CT molecular complexity index is 556. The molecule has 0 radical (unpaired) electrons. The second-order valence-electron chi connectivity index (χ2n) is 4.94. The zero-order valence-corrected chi connectivity index (χ0v) is 11.6. The molecule has 2 aliphatic heterocycles. The van der Waals surface area contributed by atoms with Crippen LogP contribution in [0.25, 0.3) is 0 Å². The standard InChI is InChI=1S/C13H17NO4S/c1-17-12-3-2-4-13(7-12)19(15,16)14-10-5-6-11(14)9-18-8-10/h2-4,7,10-11H,5-6,8-9H2,1H3/t10-,11+. The summed E-state index contributed by atoms with van der Waals surface area (Å²) < 4.78 is 37.6. The molecule has 0 aromatic heterocycles. The molecule has 2 bridgehead atoms. The fourth-order valence-electron chi connectivity index (χ4n) is 2.87. The van der Waals surface area contributed by atoms with E-state index in [0.717, 1.165) is 12.8 Å². The predicted octanol–water partition coefficient (Wildman–Crippen LogP) is 1.25. The quantitative estimate of drug-likeness (QED) is 0.837. The number of nitrogens with zero attached hydrogens (tertiary/aromatic N) is 1. The molecular formula is C13H17NO4S. The number of ether oxygens (including phenoxy) is 2. The molecule has 2 heterocycles. The Kier molecular flexibility index (Phi) is 3.24. The van der Waals surface area contributed by atoms with Gasteiger partial charge in [-0.2, -0.15) is 4.31 Å². The van der Waals surface area contributed by atoms with Crippen molar-refractivity contribution in [1.29, 1.82) is 0 Å². The Morgan fingerprint density at radius 2 is 1.95 bits per heavy atom. The lowest BCUT2D eigenvalue weighted by Crippen LogP contribution is -2.48. The number of rotatable bonds is 3. The zero-order valence-electron chi connectivity index (χ0n) is 10.8. The fourth-order valence-corrected chi connectivity index (χ4v) is 4.74. The second-order valence-corrected chi connectivity index (χ2v) is 6.78. The van der Waals surface area contributed by atoms with E-state index in [-0.39, 0.29) is 12.1 Å². The Labute approximate surface area is 113 Å². The van der Waals surface area contributed by atoms with E-state index >= 15 is 0 Å². The Hall–Kier alpha value is -1.11. The lowest BCUT2D eigenvalue weighted by Gasteiger charge is -2.33. The summed E-state index contributed by atoms with van der Waals surface area (Å²) in [7, 11) is -1.93. The third kappa shape index (κ3) is 2.13. The highest BCUT2D eigenvalue weighted by molar-refractivity contribution is 7.89. The molecule has 0 aliphatic carbocycles. The summed E-state index contributed by atoms with van der Waals surface area (Å²) in [5.74, 6) is 0.557. The number of morpholine rings is 1. The molecule has 1 aromatic rings. The first-order valence-electron chi connectivity index (χ1n) is 6.38. The second kappa shape index (κ2) is 4.77. The number of fused-ring (bicyclic) bond motifs is 2. The van der Waals surface area contributed by atoms with Gasteiger partial charge in [-0.25, -0.2) is 8.42 Å². The van der Waals surface area contributed by atoms with E-state index in [0.29, 0.717) is 23.9 Å². The van der Waals surface area contributed by atoms with Gasteiger partial charge >= 0.3 is 0 Å². The first-order chi connectivity index (χ1) is 9.13. The van der Waals surface area contributed by atoms with Crippen LogP contribution in [0.3, 0.4) is 0 Å². The third-order valence-electron chi connectivity index (χ3n) is 3.79. The van der Waals surface area contributed by atoms with E-state index in [1.165, 1.54) is 7.11 Å². The highest BCUT2D eigenvalue weighted by Gasteiger charge is 2.45. The normalized spacial score (nSPS) is 27.4. The summed E-state index contributed by atoms with van der Waals surface area (Å²) in [6, 6.07) is 6.60. The van der Waals surface area contributed by atoms with Gasteiger partial charge in [0.2, 0.25) is 10.0 Å². The fraction of sp³-hybridized carbons (Fsp3) is 0.538. The molecule has 1 aromatic carbocycles. The lowest BCUT2D eigenvalue weighted by molar-refractivity contribution is 0.0269. The van der Waals surface area contributed by atoms with Gasteiger partial charge in [0, 0.05) is 18.2 Å². The van der Waals surface area contributed by atoms with E-state index in [2.05, 4.69) is 0 Å². The smallest absolute Gasteiger partial charge is 0.243 e. The van der Waals surface area contributed by atoms with Crippen molar-refractivity contribution in [1.82, 2.24) is 4.31 Å². The van der Waals surface area contributed by atoms with Crippen LogP contribution in [-0.4, -0.2) is 45.1 Å². The molecule has 2 aliphatic rings. The highest BCUT2D eigenvalue weighted by atomic mass is 32.2. The minimum absolute atomic E-state index is 0.0186. The molecular weight excluding hydrogens is 266 g/mol. The minimum Gasteiger partial charge on any atom is -0.497 e. The summed E-state index contributed by atoms with van der Waals surface area (Å²) >= 11 is 0. The van der Waals surface area contributed by atoms with Gasteiger partial charge in [-0.05, 0) is 25.0 Å². The van der Waals surface area contributed by atoms with E-state index in [1.807, 2.05) is 0 Å². The summed E-state index contributed by atoms with van der Waals surface area (Å²) in [6.45, 7) is 0.999. The molecule has 2 fully saturated rings. The van der Waals surface area contributed by atoms with Gasteiger partial charge in [-0.3, -0.25) is 0 Å². The SMILES string of the molecule is COc1cccc(S(=O)(=O)N2[C@@H]3CC[C@H]2COC3)c1. The van der Waals surface area contributed by atoms with Crippen molar-refractivity contribution >= 4 is 10.0 Å². The van der Waals surface area contributed by atoms with Crippen LogP contribution < -0.4 is 4.74 Å². The molecule has 5 nitrogen and oxygen atoms in total. The predicted molar refractivity (Wildman–Crippen MR) is 69.6 cm³/mol. The first-order valence-corrected chi connectivity index (χ1v) is 7.82. The number of benzene rings is 1. The zero-order chi connectivity index (χ0) is 13.5. The molecule has 0 saturated carbocycles. The molecule has 104 valence electrons. The van der Waals surface area contributed by atoms with Gasteiger partial charge in [-0.1, -0.05) is 6.07 Å². The highest BCUT2D eigenvalue weighted by Crippen LogP contribution is 2.34. The molecule has 19 heavy (non-hydrogen) atoms. The van der Waals surface area contributed by atoms with Crippen molar-refractivity contribution in [2.75, 3.05) is 20.3 Å². The van der Waals surface area contributed by atoms with Crippen molar-refractivity contribution in [3.8, 4) is 5.75 Å². The maximum atomic E-state index is 12.7. The van der Waals surface area contributed by atoms with Crippen molar-refractivity contribution in [2.45, 2.75) is 29.8 Å². The van der Waals surface area contributed by atoms with Gasteiger partial charge < -0.3 is 9.47 Å². The van der Waals surface area contributed by atoms with Crippen LogP contribution in [0, 0.1) is 0 Å². The van der Waals surface area contributed by atoms with Crippen LogP contribution in [-0.2, 0) is 14.8 Å². The van der Waals surface area contributed by atoms with Crippen molar-refractivity contribution in [2.24, 2.45) is 0 Å². The largest absolute Gasteiger partial charge is 0.497 e. The molecule has 2 atom stereocenters. The first kappa shape index (κ1) is 12.9. The molecule has 6 heteroatoms. The Morgan fingerprint density at radius 3 is 2.58 bits per heavy atom. The number of methoxy groups -OCH3 is 1. The van der Waals surface area contributed by atoms with Crippen LogP contribution in [0.1, 0.15) is 12.8 Å². The number of hydrogen-bond acceptors (Lipinski definition) is 4. The summed E-state index contributed by atoms with van der Waals surface area (Å²) in [6.07, 6.45) is 1.77. The number of hydrogen-bond donors (Lipinski definition) is 0. The van der Waals surface area contributed by atoms with Gasteiger partial charge in [0.25, 0.3) is 0 Å².